The number of hydrogen-bond acceptors (Lipinski definition) is 4. The Morgan fingerprint density at radius 1 is 0.889 bits per heavy atom. The topological polar surface area (TPSA) is 63.6 Å². The molecule has 2 unspecified atom stereocenters. The number of hydrogen-bond donors (Lipinski definition) is 1. The van der Waals surface area contributed by atoms with Crippen molar-refractivity contribution in [3.8, 4) is 0 Å². The van der Waals surface area contributed by atoms with E-state index in [0.717, 1.165) is 55.6 Å². The van der Waals surface area contributed by atoms with Gasteiger partial charge in [-0.2, -0.15) is 8.42 Å². The fraction of sp³-hybridized carbons (Fsp3) is 1.00. The average Bonchev–Trinajstić information content (AvgIpc) is 3.04. The van der Waals surface area contributed by atoms with Gasteiger partial charge in [-0.05, 0) is 62.2 Å². The van der Waals surface area contributed by atoms with E-state index >= 15 is 0 Å². The van der Waals surface area contributed by atoms with E-state index in [2.05, 4.69) is 0 Å². The molecule has 0 spiro atoms. The summed E-state index contributed by atoms with van der Waals surface area (Å²) < 4.78 is 26.2. The second kappa shape index (κ2) is 4.46. The first-order valence-electron chi connectivity index (χ1n) is 6.97. The Kier molecular flexibility index (Phi) is 3.19. The standard InChI is InChI=1S/C7H12O3S.C6H10O/c1-11(8,9)10-7-3-5-2-6(5)4-7;7-6-2-4-1-5(4)3-6/h5-7H,2-4H2,1H3;4-7H,1-3H2/t5-,6+,7?;4-,5+,6?. The van der Waals surface area contributed by atoms with Gasteiger partial charge in [-0.3, -0.25) is 4.18 Å². The molecule has 104 valence electrons. The molecule has 0 aromatic carbocycles. The lowest BCUT2D eigenvalue weighted by Gasteiger charge is -2.09. The average molecular weight is 274 g/mol. The lowest BCUT2D eigenvalue weighted by molar-refractivity contribution is 0.168. The second-order valence-corrected chi connectivity index (χ2v) is 8.13. The molecule has 18 heavy (non-hydrogen) atoms. The van der Waals surface area contributed by atoms with Crippen LogP contribution in [0.3, 0.4) is 0 Å². The van der Waals surface area contributed by atoms with Gasteiger partial charge >= 0.3 is 0 Å². The van der Waals surface area contributed by atoms with Crippen LogP contribution >= 0.6 is 0 Å². The Morgan fingerprint density at radius 3 is 1.67 bits per heavy atom. The normalized spacial score (nSPS) is 47.9. The molecular weight excluding hydrogens is 252 g/mol. The van der Waals surface area contributed by atoms with Crippen molar-refractivity contribution < 1.29 is 17.7 Å². The Balaban J connectivity index is 0.000000122. The molecule has 4 rings (SSSR count). The first kappa shape index (κ1) is 12.9. The van der Waals surface area contributed by atoms with Crippen molar-refractivity contribution in [2.45, 2.75) is 50.7 Å². The molecule has 0 bridgehead atoms. The Morgan fingerprint density at radius 2 is 1.33 bits per heavy atom. The molecule has 1 N–H and O–H groups in total. The van der Waals surface area contributed by atoms with Crippen LogP contribution in [0.5, 0.6) is 0 Å². The summed E-state index contributed by atoms with van der Waals surface area (Å²) in [5.74, 6) is 3.44. The van der Waals surface area contributed by atoms with Gasteiger partial charge in [-0.1, -0.05) is 0 Å². The van der Waals surface area contributed by atoms with Gasteiger partial charge in [0.15, 0.2) is 0 Å². The van der Waals surface area contributed by atoms with Crippen molar-refractivity contribution in [2.24, 2.45) is 23.7 Å². The Labute approximate surface area is 109 Å². The maximum Gasteiger partial charge on any atom is 0.264 e. The summed E-state index contributed by atoms with van der Waals surface area (Å²) >= 11 is 0. The van der Waals surface area contributed by atoms with E-state index in [1.54, 1.807) is 0 Å². The summed E-state index contributed by atoms with van der Waals surface area (Å²) in [6.45, 7) is 0. The highest BCUT2D eigenvalue weighted by Gasteiger charge is 2.47. The molecule has 0 amide bonds. The quantitative estimate of drug-likeness (QED) is 0.776. The highest BCUT2D eigenvalue weighted by atomic mass is 32.2. The first-order chi connectivity index (χ1) is 8.40. The molecule has 6 atom stereocenters. The summed E-state index contributed by atoms with van der Waals surface area (Å²) in [6, 6.07) is 0. The highest BCUT2D eigenvalue weighted by molar-refractivity contribution is 7.86. The molecule has 0 aliphatic heterocycles. The van der Waals surface area contributed by atoms with Gasteiger partial charge in [0.1, 0.15) is 0 Å². The molecule has 4 nitrogen and oxygen atoms in total. The minimum Gasteiger partial charge on any atom is -0.393 e. The Hall–Kier alpha value is -0.130. The van der Waals surface area contributed by atoms with E-state index in [4.69, 9.17) is 9.29 Å². The SMILES string of the molecule is CS(=O)(=O)OC1C[C@@H]2C[C@@H]2C1.OC1C[C@@H]2C[C@@H]2C1. The van der Waals surface area contributed by atoms with Crippen LogP contribution in [0, 0.1) is 23.7 Å². The predicted molar refractivity (Wildman–Crippen MR) is 67.4 cm³/mol. The second-order valence-electron chi connectivity index (χ2n) is 6.53. The summed E-state index contributed by atoms with van der Waals surface area (Å²) in [6.07, 6.45) is 8.01. The van der Waals surface area contributed by atoms with Gasteiger partial charge in [-0.15, -0.1) is 0 Å². The zero-order valence-electron chi connectivity index (χ0n) is 10.8. The highest BCUT2D eigenvalue weighted by Crippen LogP contribution is 2.53. The van der Waals surface area contributed by atoms with Crippen molar-refractivity contribution >= 4 is 10.1 Å². The fourth-order valence-corrected chi connectivity index (χ4v) is 4.32. The van der Waals surface area contributed by atoms with Crippen LogP contribution in [0.1, 0.15) is 38.5 Å². The first-order valence-corrected chi connectivity index (χ1v) is 8.78. The molecular formula is C13H22O4S. The van der Waals surface area contributed by atoms with Crippen LogP contribution in [0.4, 0.5) is 0 Å². The fourth-order valence-electron chi connectivity index (χ4n) is 3.67. The van der Waals surface area contributed by atoms with Gasteiger partial charge < -0.3 is 5.11 Å². The largest absolute Gasteiger partial charge is 0.393 e. The van der Waals surface area contributed by atoms with E-state index < -0.39 is 10.1 Å². The van der Waals surface area contributed by atoms with Crippen LogP contribution < -0.4 is 0 Å². The van der Waals surface area contributed by atoms with Crippen molar-refractivity contribution in [2.75, 3.05) is 6.26 Å². The molecule has 0 radical (unpaired) electrons. The molecule has 5 heteroatoms. The van der Waals surface area contributed by atoms with Crippen molar-refractivity contribution in [1.82, 2.24) is 0 Å². The zero-order valence-corrected chi connectivity index (χ0v) is 11.6. The zero-order chi connectivity index (χ0) is 12.9. The molecule has 0 heterocycles. The molecule has 0 saturated heterocycles. The van der Waals surface area contributed by atoms with Crippen LogP contribution in [0.25, 0.3) is 0 Å². The number of rotatable bonds is 2. The summed E-state index contributed by atoms with van der Waals surface area (Å²) in [5, 5.41) is 8.93. The minimum atomic E-state index is -3.21. The van der Waals surface area contributed by atoms with Gasteiger partial charge in [0.05, 0.1) is 18.5 Å². The van der Waals surface area contributed by atoms with Crippen molar-refractivity contribution in [3.63, 3.8) is 0 Å². The van der Waals surface area contributed by atoms with E-state index in [1.807, 2.05) is 0 Å². The maximum absolute atomic E-state index is 10.7. The molecule has 4 fully saturated rings. The van der Waals surface area contributed by atoms with Crippen molar-refractivity contribution in [1.29, 1.82) is 0 Å². The van der Waals surface area contributed by atoms with Gasteiger partial charge in [0.2, 0.25) is 0 Å². The van der Waals surface area contributed by atoms with Gasteiger partial charge in [0, 0.05) is 0 Å². The number of fused-ring (bicyclic) bond motifs is 2. The van der Waals surface area contributed by atoms with Crippen LogP contribution in [-0.2, 0) is 14.3 Å². The monoisotopic (exact) mass is 274 g/mol. The maximum atomic E-state index is 10.7. The third-order valence-corrected chi connectivity index (χ3v) is 5.35. The number of aliphatic hydroxyl groups excluding tert-OH is 1. The van der Waals surface area contributed by atoms with E-state index in [9.17, 15) is 8.42 Å². The summed E-state index contributed by atoms with van der Waals surface area (Å²) in [7, 11) is -3.21. The van der Waals surface area contributed by atoms with Crippen molar-refractivity contribution in [3.05, 3.63) is 0 Å². The third kappa shape index (κ3) is 3.25. The minimum absolute atomic E-state index is 0.00579. The van der Waals surface area contributed by atoms with E-state index in [1.165, 1.54) is 12.8 Å². The molecule has 4 saturated carbocycles. The van der Waals surface area contributed by atoms with Gasteiger partial charge in [0.25, 0.3) is 10.1 Å². The van der Waals surface area contributed by atoms with E-state index in [-0.39, 0.29) is 12.2 Å². The lowest BCUT2D eigenvalue weighted by Crippen LogP contribution is -2.15. The van der Waals surface area contributed by atoms with E-state index in [0.29, 0.717) is 0 Å². The van der Waals surface area contributed by atoms with Crippen LogP contribution in [0.15, 0.2) is 0 Å². The molecule has 0 aromatic rings. The molecule has 4 aliphatic rings. The number of aliphatic hydroxyl groups is 1. The Bertz CT molecular complexity index is 399. The molecule has 0 aromatic heterocycles. The summed E-state index contributed by atoms with van der Waals surface area (Å²) in [5.41, 5.74) is 0. The lowest BCUT2D eigenvalue weighted by atomic mass is 10.2. The van der Waals surface area contributed by atoms with Crippen LogP contribution in [0.2, 0.25) is 0 Å². The predicted octanol–water partition coefficient (Wildman–Crippen LogP) is 1.54. The molecule has 4 aliphatic carbocycles. The smallest absolute Gasteiger partial charge is 0.264 e. The van der Waals surface area contributed by atoms with Gasteiger partial charge in [-0.25, -0.2) is 0 Å². The third-order valence-electron chi connectivity index (χ3n) is 4.73. The summed E-state index contributed by atoms with van der Waals surface area (Å²) in [4.78, 5) is 0. The van der Waals surface area contributed by atoms with Crippen LogP contribution in [-0.4, -0.2) is 32.0 Å².